The van der Waals surface area contributed by atoms with Crippen molar-refractivity contribution in [3.8, 4) is 11.5 Å². The molecule has 0 saturated heterocycles. The standard InChI is InChI=1S/C16H22N4O5/c1-6-19-16(23)20(15(17)18)14-8(2)12(24-10(4)21)7-13(9(14)3)25-11(5)22/h7H,6H2,1-5H3,(H3,17,18)(H,19,23). The zero-order chi connectivity index (χ0) is 19.3. The van der Waals surface area contributed by atoms with Crippen molar-refractivity contribution in [2.45, 2.75) is 34.6 Å². The average molecular weight is 350 g/mol. The number of guanidine groups is 1. The Hall–Kier alpha value is -3.10. The predicted molar refractivity (Wildman–Crippen MR) is 92.0 cm³/mol. The van der Waals surface area contributed by atoms with Crippen LogP contribution in [0.3, 0.4) is 0 Å². The molecule has 0 aromatic heterocycles. The molecule has 0 heterocycles. The lowest BCUT2D eigenvalue weighted by atomic mass is 10.1. The number of carbonyl (C=O) groups excluding carboxylic acids is 3. The van der Waals surface area contributed by atoms with Crippen molar-refractivity contribution < 1.29 is 23.9 Å². The number of carbonyl (C=O) groups is 3. The van der Waals surface area contributed by atoms with Crippen LogP contribution in [-0.4, -0.2) is 30.5 Å². The van der Waals surface area contributed by atoms with E-state index in [0.29, 0.717) is 17.7 Å². The fourth-order valence-electron chi connectivity index (χ4n) is 2.27. The van der Waals surface area contributed by atoms with E-state index in [1.54, 1.807) is 20.8 Å². The van der Waals surface area contributed by atoms with Crippen molar-refractivity contribution in [2.75, 3.05) is 11.4 Å². The molecule has 0 fully saturated rings. The normalized spacial score (nSPS) is 9.96. The lowest BCUT2D eigenvalue weighted by Gasteiger charge is -2.26. The van der Waals surface area contributed by atoms with Crippen molar-refractivity contribution in [3.63, 3.8) is 0 Å². The second-order valence-corrected chi connectivity index (χ2v) is 5.21. The number of ether oxygens (including phenoxy) is 2. The third kappa shape index (κ3) is 4.69. The van der Waals surface area contributed by atoms with E-state index in [1.807, 2.05) is 0 Å². The maximum atomic E-state index is 12.3. The van der Waals surface area contributed by atoms with Gasteiger partial charge in [-0.3, -0.25) is 15.0 Å². The third-order valence-corrected chi connectivity index (χ3v) is 3.21. The zero-order valence-corrected chi connectivity index (χ0v) is 14.9. The number of benzene rings is 1. The van der Waals surface area contributed by atoms with Gasteiger partial charge in [-0.1, -0.05) is 0 Å². The summed E-state index contributed by atoms with van der Waals surface area (Å²) < 4.78 is 10.3. The lowest BCUT2D eigenvalue weighted by Crippen LogP contribution is -2.47. The van der Waals surface area contributed by atoms with Crippen molar-refractivity contribution in [1.29, 1.82) is 5.41 Å². The predicted octanol–water partition coefficient (Wildman–Crippen LogP) is 1.58. The Bertz CT molecular complexity index is 689. The Kier molecular flexibility index (Phi) is 6.49. The highest BCUT2D eigenvalue weighted by Crippen LogP contribution is 2.39. The molecule has 0 aliphatic heterocycles. The van der Waals surface area contributed by atoms with Gasteiger partial charge in [0.1, 0.15) is 11.5 Å². The second-order valence-electron chi connectivity index (χ2n) is 5.21. The summed E-state index contributed by atoms with van der Waals surface area (Å²) in [7, 11) is 0. The molecule has 4 N–H and O–H groups in total. The zero-order valence-electron chi connectivity index (χ0n) is 14.9. The van der Waals surface area contributed by atoms with E-state index in [9.17, 15) is 14.4 Å². The minimum atomic E-state index is -0.630. The summed E-state index contributed by atoms with van der Waals surface area (Å²) in [6.45, 7) is 7.69. The molecule has 0 saturated carbocycles. The van der Waals surface area contributed by atoms with Crippen LogP contribution in [0, 0.1) is 19.3 Å². The van der Waals surface area contributed by atoms with Crippen LogP contribution in [0.1, 0.15) is 31.9 Å². The first-order valence-corrected chi connectivity index (χ1v) is 7.53. The summed E-state index contributed by atoms with van der Waals surface area (Å²) in [5.41, 5.74) is 6.56. The molecular weight excluding hydrogens is 328 g/mol. The molecule has 1 aromatic carbocycles. The number of hydrogen-bond acceptors (Lipinski definition) is 6. The smallest absolute Gasteiger partial charge is 0.328 e. The molecule has 0 aliphatic rings. The van der Waals surface area contributed by atoms with Crippen LogP contribution in [0.4, 0.5) is 10.5 Å². The highest BCUT2D eigenvalue weighted by atomic mass is 16.5. The highest BCUT2D eigenvalue weighted by Gasteiger charge is 2.27. The summed E-state index contributed by atoms with van der Waals surface area (Å²) in [5, 5.41) is 10.3. The number of nitrogens with zero attached hydrogens (tertiary/aromatic N) is 1. The number of rotatable bonds is 4. The van der Waals surface area contributed by atoms with Gasteiger partial charge in [0.15, 0.2) is 0 Å². The Labute approximate surface area is 145 Å². The summed E-state index contributed by atoms with van der Waals surface area (Å²) in [6.07, 6.45) is 0. The molecule has 25 heavy (non-hydrogen) atoms. The molecule has 0 radical (unpaired) electrons. The quantitative estimate of drug-likeness (QED) is 0.326. The number of nitrogens with two attached hydrogens (primary N) is 1. The SMILES string of the molecule is CCNC(=O)N(C(=N)N)c1c(C)c(OC(C)=O)cc(OC(C)=O)c1C. The van der Waals surface area contributed by atoms with Crippen molar-refractivity contribution >= 4 is 29.6 Å². The average Bonchev–Trinajstić information content (AvgIpc) is 2.47. The van der Waals surface area contributed by atoms with Crippen LogP contribution in [0.2, 0.25) is 0 Å². The van der Waals surface area contributed by atoms with Crippen LogP contribution in [-0.2, 0) is 9.59 Å². The van der Waals surface area contributed by atoms with Crippen LogP contribution in [0.15, 0.2) is 6.07 Å². The van der Waals surface area contributed by atoms with E-state index >= 15 is 0 Å². The van der Waals surface area contributed by atoms with Crippen molar-refractivity contribution in [2.24, 2.45) is 5.73 Å². The Morgan fingerprint density at radius 1 is 1.12 bits per heavy atom. The van der Waals surface area contributed by atoms with Crippen molar-refractivity contribution in [1.82, 2.24) is 5.32 Å². The van der Waals surface area contributed by atoms with Gasteiger partial charge in [0.2, 0.25) is 5.96 Å². The highest BCUT2D eigenvalue weighted by molar-refractivity contribution is 6.15. The minimum absolute atomic E-state index is 0.0971. The molecule has 0 atom stereocenters. The fraction of sp³-hybridized carbons (Fsp3) is 0.375. The van der Waals surface area contributed by atoms with E-state index < -0.39 is 23.9 Å². The summed E-state index contributed by atoms with van der Waals surface area (Å²) in [6, 6.07) is 0.752. The number of anilines is 1. The van der Waals surface area contributed by atoms with Crippen molar-refractivity contribution in [3.05, 3.63) is 17.2 Å². The van der Waals surface area contributed by atoms with E-state index in [1.165, 1.54) is 19.9 Å². The number of urea groups is 1. The maximum absolute atomic E-state index is 12.3. The molecule has 2 amide bonds. The number of hydrogen-bond donors (Lipinski definition) is 3. The summed E-state index contributed by atoms with van der Waals surface area (Å²) in [4.78, 5) is 36.0. The van der Waals surface area contributed by atoms with E-state index in [0.717, 1.165) is 4.90 Å². The monoisotopic (exact) mass is 350 g/mol. The van der Waals surface area contributed by atoms with Gasteiger partial charge in [-0.15, -0.1) is 0 Å². The van der Waals surface area contributed by atoms with Crippen LogP contribution in [0.5, 0.6) is 11.5 Å². The molecule has 0 aliphatic carbocycles. The minimum Gasteiger partial charge on any atom is -0.426 e. The first kappa shape index (κ1) is 19.9. The molecule has 9 nitrogen and oxygen atoms in total. The fourth-order valence-corrected chi connectivity index (χ4v) is 2.27. The summed E-state index contributed by atoms with van der Waals surface area (Å²) in [5.74, 6) is -1.51. The van der Waals surface area contributed by atoms with E-state index in [4.69, 9.17) is 20.6 Å². The van der Waals surface area contributed by atoms with E-state index in [2.05, 4.69) is 5.32 Å². The lowest BCUT2D eigenvalue weighted by molar-refractivity contribution is -0.132. The van der Waals surface area contributed by atoms with Gasteiger partial charge in [0.05, 0.1) is 5.69 Å². The molecule has 136 valence electrons. The number of nitrogens with one attached hydrogen (secondary N) is 2. The molecule has 0 bridgehead atoms. The van der Waals surface area contributed by atoms with Gasteiger partial charge in [0, 0.05) is 37.6 Å². The van der Waals surface area contributed by atoms with Crippen LogP contribution < -0.4 is 25.4 Å². The van der Waals surface area contributed by atoms with E-state index in [-0.39, 0.29) is 17.2 Å². The number of amides is 2. The molecule has 1 rings (SSSR count). The first-order valence-electron chi connectivity index (χ1n) is 7.53. The van der Waals surface area contributed by atoms with Gasteiger partial charge in [-0.05, 0) is 20.8 Å². The Morgan fingerprint density at radius 3 is 1.88 bits per heavy atom. The van der Waals surface area contributed by atoms with Gasteiger partial charge in [-0.25, -0.2) is 9.69 Å². The van der Waals surface area contributed by atoms with Gasteiger partial charge in [-0.2, -0.15) is 0 Å². The molecular formula is C16H22N4O5. The summed E-state index contributed by atoms with van der Waals surface area (Å²) >= 11 is 0. The Morgan fingerprint density at radius 2 is 1.56 bits per heavy atom. The first-order chi connectivity index (χ1) is 11.6. The molecule has 0 unspecified atom stereocenters. The maximum Gasteiger partial charge on any atom is 0.328 e. The molecule has 9 heteroatoms. The number of esters is 2. The van der Waals surface area contributed by atoms with Gasteiger partial charge in [0.25, 0.3) is 0 Å². The largest absolute Gasteiger partial charge is 0.426 e. The van der Waals surface area contributed by atoms with Gasteiger partial charge >= 0.3 is 18.0 Å². The Balaban J connectivity index is 3.68. The topological polar surface area (TPSA) is 135 Å². The van der Waals surface area contributed by atoms with Crippen LogP contribution in [0.25, 0.3) is 0 Å². The van der Waals surface area contributed by atoms with Crippen LogP contribution >= 0.6 is 0 Å². The molecule has 1 aromatic rings. The molecule has 0 spiro atoms. The third-order valence-electron chi connectivity index (χ3n) is 3.21. The second kappa shape index (κ2) is 8.13. The van der Waals surface area contributed by atoms with Gasteiger partial charge < -0.3 is 20.5 Å².